The zero-order chi connectivity index (χ0) is 6.69. The molecular formula is C7H16N2. The van der Waals surface area contributed by atoms with Gasteiger partial charge in [0, 0.05) is 12.6 Å². The van der Waals surface area contributed by atoms with E-state index < -0.39 is 0 Å². The van der Waals surface area contributed by atoms with Gasteiger partial charge in [-0.3, -0.25) is 10.9 Å². The summed E-state index contributed by atoms with van der Waals surface area (Å²) >= 11 is 0. The number of hydrogen-bond acceptors (Lipinski definition) is 2. The average molecular weight is 128 g/mol. The molecule has 1 aliphatic rings. The third-order valence-electron chi connectivity index (χ3n) is 1.48. The first kappa shape index (κ1) is 7.03. The fourth-order valence-electron chi connectivity index (χ4n) is 0.729. The highest BCUT2D eigenvalue weighted by Gasteiger charge is 2.20. The van der Waals surface area contributed by atoms with Gasteiger partial charge in [-0.05, 0) is 32.6 Å². The van der Waals surface area contributed by atoms with Crippen LogP contribution in [0.3, 0.4) is 0 Å². The van der Waals surface area contributed by atoms with Gasteiger partial charge in [0.25, 0.3) is 0 Å². The standard InChI is InChI=1S/C7H16N2/c1-6(2)9-8-5-7-3-4-7/h6-9H,3-5H2,1-2H3. The molecule has 2 N–H and O–H groups in total. The summed E-state index contributed by atoms with van der Waals surface area (Å²) in [6.07, 6.45) is 2.85. The van der Waals surface area contributed by atoms with Gasteiger partial charge in [-0.15, -0.1) is 0 Å². The highest BCUT2D eigenvalue weighted by molar-refractivity contribution is 4.74. The monoisotopic (exact) mass is 128 g/mol. The second-order valence-electron chi connectivity index (χ2n) is 3.12. The van der Waals surface area contributed by atoms with E-state index >= 15 is 0 Å². The molecule has 0 heterocycles. The third kappa shape index (κ3) is 3.49. The van der Waals surface area contributed by atoms with Crippen LogP contribution in [0.25, 0.3) is 0 Å². The molecule has 2 heteroatoms. The highest BCUT2D eigenvalue weighted by Crippen LogP contribution is 2.27. The summed E-state index contributed by atoms with van der Waals surface area (Å²) < 4.78 is 0. The van der Waals surface area contributed by atoms with E-state index in [1.54, 1.807) is 0 Å². The van der Waals surface area contributed by atoms with Crippen LogP contribution < -0.4 is 10.9 Å². The van der Waals surface area contributed by atoms with Crippen LogP contribution >= 0.6 is 0 Å². The molecule has 0 unspecified atom stereocenters. The highest BCUT2D eigenvalue weighted by atomic mass is 15.4. The molecule has 0 radical (unpaired) electrons. The fourth-order valence-corrected chi connectivity index (χ4v) is 0.729. The lowest BCUT2D eigenvalue weighted by Crippen LogP contribution is -2.38. The molecule has 1 aliphatic carbocycles. The van der Waals surface area contributed by atoms with Crippen LogP contribution in [0.2, 0.25) is 0 Å². The normalized spacial score (nSPS) is 19.0. The van der Waals surface area contributed by atoms with Crippen LogP contribution in [-0.4, -0.2) is 12.6 Å². The molecule has 1 saturated carbocycles. The predicted molar refractivity (Wildman–Crippen MR) is 39.0 cm³/mol. The molecule has 0 bridgehead atoms. The minimum Gasteiger partial charge on any atom is -0.257 e. The van der Waals surface area contributed by atoms with E-state index in [-0.39, 0.29) is 0 Å². The Labute approximate surface area is 57.0 Å². The van der Waals surface area contributed by atoms with Crippen LogP contribution in [-0.2, 0) is 0 Å². The number of hydrogen-bond donors (Lipinski definition) is 2. The number of rotatable bonds is 4. The van der Waals surface area contributed by atoms with E-state index in [4.69, 9.17) is 0 Å². The van der Waals surface area contributed by atoms with Crippen molar-refractivity contribution in [1.82, 2.24) is 10.9 Å². The van der Waals surface area contributed by atoms with E-state index in [0.29, 0.717) is 6.04 Å². The van der Waals surface area contributed by atoms with Gasteiger partial charge < -0.3 is 0 Å². The topological polar surface area (TPSA) is 24.1 Å². The molecule has 54 valence electrons. The van der Waals surface area contributed by atoms with E-state index in [2.05, 4.69) is 24.7 Å². The van der Waals surface area contributed by atoms with Gasteiger partial charge in [0.2, 0.25) is 0 Å². The zero-order valence-corrected chi connectivity index (χ0v) is 6.28. The van der Waals surface area contributed by atoms with Crippen molar-refractivity contribution in [1.29, 1.82) is 0 Å². The first-order chi connectivity index (χ1) is 4.29. The Morgan fingerprint density at radius 1 is 1.44 bits per heavy atom. The molecule has 1 rings (SSSR count). The largest absolute Gasteiger partial charge is 0.257 e. The van der Waals surface area contributed by atoms with Crippen molar-refractivity contribution in [3.05, 3.63) is 0 Å². The second kappa shape index (κ2) is 3.18. The minimum absolute atomic E-state index is 0.559. The third-order valence-corrected chi connectivity index (χ3v) is 1.48. The van der Waals surface area contributed by atoms with Crippen LogP contribution in [0.4, 0.5) is 0 Å². The lowest BCUT2D eigenvalue weighted by atomic mass is 10.4. The van der Waals surface area contributed by atoms with Crippen molar-refractivity contribution in [2.45, 2.75) is 32.7 Å². The molecule has 0 aromatic rings. The summed E-state index contributed by atoms with van der Waals surface area (Å²) in [5.41, 5.74) is 6.36. The van der Waals surface area contributed by atoms with E-state index in [1.165, 1.54) is 12.8 Å². The molecule has 0 amide bonds. The summed E-state index contributed by atoms with van der Waals surface area (Å²) in [7, 11) is 0. The summed E-state index contributed by atoms with van der Waals surface area (Å²) in [6, 6.07) is 0.559. The molecule has 0 aromatic carbocycles. The smallest absolute Gasteiger partial charge is 0.0156 e. The van der Waals surface area contributed by atoms with Crippen molar-refractivity contribution in [3.8, 4) is 0 Å². The second-order valence-corrected chi connectivity index (χ2v) is 3.12. The van der Waals surface area contributed by atoms with Crippen molar-refractivity contribution in [2.75, 3.05) is 6.54 Å². The summed E-state index contributed by atoms with van der Waals surface area (Å²) in [5.74, 6) is 0.969. The zero-order valence-electron chi connectivity index (χ0n) is 6.28. The number of hydrazine groups is 1. The van der Waals surface area contributed by atoms with Gasteiger partial charge in [-0.2, -0.15) is 0 Å². The van der Waals surface area contributed by atoms with Gasteiger partial charge >= 0.3 is 0 Å². The van der Waals surface area contributed by atoms with Gasteiger partial charge in [0.1, 0.15) is 0 Å². The van der Waals surface area contributed by atoms with Crippen LogP contribution in [0.5, 0.6) is 0 Å². The van der Waals surface area contributed by atoms with Crippen molar-refractivity contribution >= 4 is 0 Å². The molecule has 0 spiro atoms. The van der Waals surface area contributed by atoms with Crippen molar-refractivity contribution in [3.63, 3.8) is 0 Å². The van der Waals surface area contributed by atoms with E-state index in [0.717, 1.165) is 12.5 Å². The minimum atomic E-state index is 0.559. The van der Waals surface area contributed by atoms with Gasteiger partial charge in [-0.25, -0.2) is 0 Å². The summed E-state index contributed by atoms with van der Waals surface area (Å²) in [6.45, 7) is 5.43. The Morgan fingerprint density at radius 3 is 2.56 bits per heavy atom. The van der Waals surface area contributed by atoms with E-state index in [9.17, 15) is 0 Å². The maximum absolute atomic E-state index is 3.20. The summed E-state index contributed by atoms with van der Waals surface area (Å²) in [5, 5.41) is 0. The molecule has 9 heavy (non-hydrogen) atoms. The van der Waals surface area contributed by atoms with Crippen molar-refractivity contribution < 1.29 is 0 Å². The Hall–Kier alpha value is -0.0800. The number of nitrogens with one attached hydrogen (secondary N) is 2. The Bertz CT molecular complexity index is 75.0. The quantitative estimate of drug-likeness (QED) is 0.550. The maximum atomic E-state index is 3.20. The predicted octanol–water partition coefficient (Wildman–Crippen LogP) is 0.899. The molecular weight excluding hydrogens is 112 g/mol. The van der Waals surface area contributed by atoms with Gasteiger partial charge in [0.05, 0.1) is 0 Å². The lowest BCUT2D eigenvalue weighted by Gasteiger charge is -2.08. The lowest BCUT2D eigenvalue weighted by molar-refractivity contribution is 0.460. The maximum Gasteiger partial charge on any atom is 0.0156 e. The van der Waals surface area contributed by atoms with Gasteiger partial charge in [-0.1, -0.05) is 0 Å². The molecule has 0 atom stereocenters. The Kier molecular flexibility index (Phi) is 2.49. The molecule has 0 aliphatic heterocycles. The van der Waals surface area contributed by atoms with Crippen LogP contribution in [0, 0.1) is 5.92 Å². The van der Waals surface area contributed by atoms with Crippen molar-refractivity contribution in [2.24, 2.45) is 5.92 Å². The molecule has 2 nitrogen and oxygen atoms in total. The van der Waals surface area contributed by atoms with Crippen LogP contribution in [0.1, 0.15) is 26.7 Å². The van der Waals surface area contributed by atoms with Gasteiger partial charge in [0.15, 0.2) is 0 Å². The SMILES string of the molecule is CC(C)NNCC1CC1. The molecule has 1 fully saturated rings. The first-order valence-corrected chi connectivity index (χ1v) is 3.77. The molecule has 0 aromatic heterocycles. The first-order valence-electron chi connectivity index (χ1n) is 3.77. The average Bonchev–Trinajstić information content (AvgIpc) is 2.48. The fraction of sp³-hybridized carbons (Fsp3) is 1.00. The summed E-state index contributed by atoms with van der Waals surface area (Å²) in [4.78, 5) is 0. The Morgan fingerprint density at radius 2 is 2.11 bits per heavy atom. The van der Waals surface area contributed by atoms with Crippen LogP contribution in [0.15, 0.2) is 0 Å². The Balaban J connectivity index is 1.81. The molecule has 0 saturated heterocycles. The van der Waals surface area contributed by atoms with E-state index in [1.807, 2.05) is 0 Å².